The van der Waals surface area contributed by atoms with Crippen LogP contribution in [0.2, 0.25) is 0 Å². The lowest BCUT2D eigenvalue weighted by atomic mass is 10.4. The number of halogens is 1. The highest BCUT2D eigenvalue weighted by Crippen LogP contribution is 2.11. The van der Waals surface area contributed by atoms with Crippen molar-refractivity contribution in [2.75, 3.05) is 0 Å². The van der Waals surface area contributed by atoms with E-state index in [4.69, 9.17) is 0 Å². The number of fused-ring (bicyclic) bond motifs is 1. The maximum atomic E-state index is 4.06. The van der Waals surface area contributed by atoms with Crippen molar-refractivity contribution in [3.8, 4) is 0 Å². The molecular formula is C7H5BrN2. The quantitative estimate of drug-likeness (QED) is 0.632. The van der Waals surface area contributed by atoms with E-state index in [1.807, 2.05) is 28.9 Å². The van der Waals surface area contributed by atoms with E-state index in [9.17, 15) is 0 Å². The van der Waals surface area contributed by atoms with Gasteiger partial charge in [-0.2, -0.15) is 5.10 Å². The number of hydrogen-bond acceptors (Lipinski definition) is 1. The van der Waals surface area contributed by atoms with E-state index in [0.29, 0.717) is 0 Å². The molecule has 0 aliphatic carbocycles. The molecule has 0 aromatic carbocycles. The third kappa shape index (κ3) is 0.827. The Labute approximate surface area is 66.6 Å². The van der Waals surface area contributed by atoms with E-state index < -0.39 is 0 Å². The molecule has 0 radical (unpaired) electrons. The molecule has 0 saturated heterocycles. The van der Waals surface area contributed by atoms with Crippen LogP contribution in [0.4, 0.5) is 0 Å². The molecule has 50 valence electrons. The summed E-state index contributed by atoms with van der Waals surface area (Å²) in [5.74, 6) is 0. The van der Waals surface area contributed by atoms with Gasteiger partial charge in [0.15, 0.2) is 0 Å². The second-order valence-corrected chi connectivity index (χ2v) is 2.96. The standard InChI is InChI=1S/C7H5BrN2/c8-6-2-4-10-7(5-6)1-3-9-10/h1-5H. The van der Waals surface area contributed by atoms with Crippen LogP contribution < -0.4 is 0 Å². The Morgan fingerprint density at radius 1 is 1.40 bits per heavy atom. The Balaban J connectivity index is 2.86. The molecular weight excluding hydrogens is 192 g/mol. The summed E-state index contributed by atoms with van der Waals surface area (Å²) < 4.78 is 2.91. The molecule has 0 fully saturated rings. The van der Waals surface area contributed by atoms with Crippen molar-refractivity contribution in [2.24, 2.45) is 0 Å². The number of hydrogen-bond donors (Lipinski definition) is 0. The molecule has 0 N–H and O–H groups in total. The van der Waals surface area contributed by atoms with Crippen LogP contribution in [0.15, 0.2) is 35.1 Å². The van der Waals surface area contributed by atoms with Gasteiger partial charge in [0.05, 0.1) is 5.52 Å². The molecule has 2 aromatic heterocycles. The Morgan fingerprint density at radius 2 is 2.30 bits per heavy atom. The Hall–Kier alpha value is -0.830. The molecule has 3 heteroatoms. The van der Waals surface area contributed by atoms with Crippen molar-refractivity contribution in [2.45, 2.75) is 0 Å². The van der Waals surface area contributed by atoms with Crippen LogP contribution in [0, 0.1) is 0 Å². The zero-order valence-corrected chi connectivity index (χ0v) is 6.75. The third-order valence-corrected chi connectivity index (χ3v) is 1.85. The fourth-order valence-corrected chi connectivity index (χ4v) is 1.25. The third-order valence-electron chi connectivity index (χ3n) is 1.36. The maximum absolute atomic E-state index is 4.06. The summed E-state index contributed by atoms with van der Waals surface area (Å²) in [6.45, 7) is 0. The van der Waals surface area contributed by atoms with Gasteiger partial charge < -0.3 is 0 Å². The molecule has 0 unspecified atom stereocenters. The number of pyridine rings is 1. The van der Waals surface area contributed by atoms with Crippen molar-refractivity contribution in [1.82, 2.24) is 9.61 Å². The van der Waals surface area contributed by atoms with Crippen LogP contribution in [-0.4, -0.2) is 9.61 Å². The molecule has 0 spiro atoms. The van der Waals surface area contributed by atoms with Crippen LogP contribution in [0.5, 0.6) is 0 Å². The predicted octanol–water partition coefficient (Wildman–Crippen LogP) is 2.10. The van der Waals surface area contributed by atoms with Crippen molar-refractivity contribution in [1.29, 1.82) is 0 Å². The lowest BCUT2D eigenvalue weighted by Crippen LogP contribution is -1.83. The monoisotopic (exact) mass is 196 g/mol. The summed E-state index contributed by atoms with van der Waals surface area (Å²) in [5.41, 5.74) is 1.11. The van der Waals surface area contributed by atoms with E-state index in [2.05, 4.69) is 21.0 Å². The zero-order valence-electron chi connectivity index (χ0n) is 5.16. The highest BCUT2D eigenvalue weighted by Gasteiger charge is 1.91. The predicted molar refractivity (Wildman–Crippen MR) is 42.9 cm³/mol. The molecule has 2 nitrogen and oxygen atoms in total. The van der Waals surface area contributed by atoms with E-state index >= 15 is 0 Å². The van der Waals surface area contributed by atoms with Gasteiger partial charge >= 0.3 is 0 Å². The molecule has 0 saturated carbocycles. The summed E-state index contributed by atoms with van der Waals surface area (Å²) in [6, 6.07) is 5.94. The fourth-order valence-electron chi connectivity index (χ4n) is 0.895. The van der Waals surface area contributed by atoms with E-state index in [0.717, 1.165) is 9.99 Å². The van der Waals surface area contributed by atoms with E-state index in [1.165, 1.54) is 0 Å². The Kier molecular flexibility index (Phi) is 1.24. The Morgan fingerprint density at radius 3 is 3.20 bits per heavy atom. The summed E-state index contributed by atoms with van der Waals surface area (Å²) in [5, 5.41) is 4.06. The van der Waals surface area contributed by atoms with Gasteiger partial charge in [0.1, 0.15) is 0 Å². The van der Waals surface area contributed by atoms with Crippen molar-refractivity contribution in [3.05, 3.63) is 35.1 Å². The number of aromatic nitrogens is 2. The fraction of sp³-hybridized carbons (Fsp3) is 0. The molecule has 0 aliphatic heterocycles. The average Bonchev–Trinajstić information content (AvgIpc) is 2.33. The van der Waals surface area contributed by atoms with Crippen LogP contribution in [0.25, 0.3) is 5.52 Å². The largest absolute Gasteiger partial charge is 0.241 e. The molecule has 0 atom stereocenters. The van der Waals surface area contributed by atoms with Gasteiger partial charge in [0.25, 0.3) is 0 Å². The summed E-state index contributed by atoms with van der Waals surface area (Å²) in [7, 11) is 0. The van der Waals surface area contributed by atoms with Crippen molar-refractivity contribution in [3.63, 3.8) is 0 Å². The molecule has 0 bridgehead atoms. The normalized spacial score (nSPS) is 10.5. The number of rotatable bonds is 0. The van der Waals surface area contributed by atoms with Crippen LogP contribution >= 0.6 is 15.9 Å². The molecule has 0 aliphatic rings. The number of nitrogens with zero attached hydrogens (tertiary/aromatic N) is 2. The summed E-state index contributed by atoms with van der Waals surface area (Å²) in [6.07, 6.45) is 3.70. The van der Waals surface area contributed by atoms with Crippen molar-refractivity contribution >= 4 is 21.4 Å². The van der Waals surface area contributed by atoms with Crippen LogP contribution in [0.1, 0.15) is 0 Å². The molecule has 10 heavy (non-hydrogen) atoms. The topological polar surface area (TPSA) is 17.3 Å². The Bertz CT molecular complexity index is 353. The zero-order chi connectivity index (χ0) is 6.97. The van der Waals surface area contributed by atoms with Gasteiger partial charge in [-0.3, -0.25) is 0 Å². The summed E-state index contributed by atoms with van der Waals surface area (Å²) in [4.78, 5) is 0. The van der Waals surface area contributed by atoms with Crippen molar-refractivity contribution < 1.29 is 0 Å². The lowest BCUT2D eigenvalue weighted by molar-refractivity contribution is 0.959. The first-order valence-electron chi connectivity index (χ1n) is 2.95. The van der Waals surface area contributed by atoms with Gasteiger partial charge in [0.2, 0.25) is 0 Å². The smallest absolute Gasteiger partial charge is 0.0672 e. The second kappa shape index (κ2) is 2.09. The lowest BCUT2D eigenvalue weighted by Gasteiger charge is -1.91. The van der Waals surface area contributed by atoms with E-state index in [-0.39, 0.29) is 0 Å². The first-order chi connectivity index (χ1) is 4.86. The van der Waals surface area contributed by atoms with Gasteiger partial charge in [-0.25, -0.2) is 4.52 Å². The van der Waals surface area contributed by atoms with Gasteiger partial charge in [-0.15, -0.1) is 0 Å². The van der Waals surface area contributed by atoms with Crippen LogP contribution in [-0.2, 0) is 0 Å². The molecule has 0 amide bonds. The van der Waals surface area contributed by atoms with Gasteiger partial charge in [0, 0.05) is 16.9 Å². The minimum absolute atomic E-state index is 1.08. The van der Waals surface area contributed by atoms with Gasteiger partial charge in [-0.1, -0.05) is 15.9 Å². The second-order valence-electron chi connectivity index (χ2n) is 2.05. The van der Waals surface area contributed by atoms with Crippen LogP contribution in [0.3, 0.4) is 0 Å². The molecule has 2 rings (SSSR count). The maximum Gasteiger partial charge on any atom is 0.0672 e. The molecule has 2 aromatic rings. The highest BCUT2D eigenvalue weighted by atomic mass is 79.9. The molecule has 2 heterocycles. The highest BCUT2D eigenvalue weighted by molar-refractivity contribution is 9.10. The van der Waals surface area contributed by atoms with E-state index in [1.54, 1.807) is 6.20 Å². The summed E-state index contributed by atoms with van der Waals surface area (Å²) >= 11 is 3.38. The minimum Gasteiger partial charge on any atom is -0.241 e. The average molecular weight is 197 g/mol. The first kappa shape index (κ1) is 5.92. The first-order valence-corrected chi connectivity index (χ1v) is 3.74. The minimum atomic E-state index is 1.08. The SMILES string of the molecule is Brc1ccn2nccc2c1. The van der Waals surface area contributed by atoms with Gasteiger partial charge in [-0.05, 0) is 18.2 Å².